The molecule has 0 radical (unpaired) electrons. The van der Waals surface area contributed by atoms with Crippen LogP contribution in [0.15, 0.2) is 24.3 Å². The highest BCUT2D eigenvalue weighted by atomic mass is 35.5. The molecular formula is C20H34Cl2N4O2. The van der Waals surface area contributed by atoms with Gasteiger partial charge in [-0.1, -0.05) is 26.0 Å². The summed E-state index contributed by atoms with van der Waals surface area (Å²) in [6.07, 6.45) is 1.76. The summed E-state index contributed by atoms with van der Waals surface area (Å²) in [5.74, 6) is 0.0903. The molecule has 2 rings (SSSR count). The Bertz CT molecular complexity index is 622. The Morgan fingerprint density at radius 1 is 1.11 bits per heavy atom. The van der Waals surface area contributed by atoms with Gasteiger partial charge in [0.05, 0.1) is 11.8 Å². The fourth-order valence-electron chi connectivity index (χ4n) is 3.32. The van der Waals surface area contributed by atoms with Gasteiger partial charge in [-0.05, 0) is 37.6 Å². The molecule has 0 saturated carbocycles. The van der Waals surface area contributed by atoms with Crippen molar-refractivity contribution in [3.8, 4) is 0 Å². The molecule has 2 amide bonds. The van der Waals surface area contributed by atoms with E-state index in [4.69, 9.17) is 5.73 Å². The van der Waals surface area contributed by atoms with E-state index in [2.05, 4.69) is 17.3 Å². The van der Waals surface area contributed by atoms with Gasteiger partial charge in [-0.2, -0.15) is 0 Å². The van der Waals surface area contributed by atoms with Crippen LogP contribution in [0.1, 0.15) is 32.3 Å². The third-order valence-corrected chi connectivity index (χ3v) is 5.62. The molecule has 1 fully saturated rings. The summed E-state index contributed by atoms with van der Waals surface area (Å²) in [7, 11) is 2.07. The van der Waals surface area contributed by atoms with E-state index >= 15 is 0 Å². The number of halogens is 2. The van der Waals surface area contributed by atoms with Crippen LogP contribution in [0.2, 0.25) is 0 Å². The zero-order chi connectivity index (χ0) is 19.2. The number of hydrogen-bond acceptors (Lipinski definition) is 4. The number of carbonyl (C=O) groups is 2. The highest BCUT2D eigenvalue weighted by Crippen LogP contribution is 2.27. The summed E-state index contributed by atoms with van der Waals surface area (Å²) >= 11 is 0. The van der Waals surface area contributed by atoms with Crippen molar-refractivity contribution in [1.29, 1.82) is 0 Å². The third kappa shape index (κ3) is 6.62. The lowest BCUT2D eigenvalue weighted by molar-refractivity contribution is -0.132. The molecule has 0 unspecified atom stereocenters. The second-order valence-corrected chi connectivity index (χ2v) is 7.21. The van der Waals surface area contributed by atoms with Gasteiger partial charge >= 0.3 is 0 Å². The molecule has 1 aromatic carbocycles. The van der Waals surface area contributed by atoms with E-state index in [0.29, 0.717) is 25.8 Å². The largest absolute Gasteiger partial charge is 0.340 e. The lowest BCUT2D eigenvalue weighted by Gasteiger charge is -2.32. The third-order valence-electron chi connectivity index (χ3n) is 5.62. The number of rotatable bonds is 7. The number of hydrogen-bond donors (Lipinski definition) is 2. The highest BCUT2D eigenvalue weighted by molar-refractivity contribution is 5.95. The van der Waals surface area contributed by atoms with E-state index in [1.165, 1.54) is 0 Å². The first-order valence-electron chi connectivity index (χ1n) is 9.51. The molecule has 0 aromatic heterocycles. The van der Waals surface area contributed by atoms with Crippen LogP contribution in [0.3, 0.4) is 0 Å². The van der Waals surface area contributed by atoms with Crippen LogP contribution in [0, 0.1) is 5.41 Å². The van der Waals surface area contributed by atoms with Gasteiger partial charge in [0.2, 0.25) is 11.8 Å². The van der Waals surface area contributed by atoms with Gasteiger partial charge in [0.1, 0.15) is 0 Å². The molecular weight excluding hydrogens is 399 g/mol. The van der Waals surface area contributed by atoms with Crippen molar-refractivity contribution in [2.45, 2.75) is 33.1 Å². The summed E-state index contributed by atoms with van der Waals surface area (Å²) < 4.78 is 0. The zero-order valence-corrected chi connectivity index (χ0v) is 18.7. The van der Waals surface area contributed by atoms with Crippen LogP contribution < -0.4 is 11.1 Å². The lowest BCUT2D eigenvalue weighted by atomic mass is 9.81. The Morgan fingerprint density at radius 3 is 2.25 bits per heavy atom. The number of nitrogens with one attached hydrogen (secondary N) is 1. The van der Waals surface area contributed by atoms with Crippen LogP contribution in [0.25, 0.3) is 0 Å². The molecule has 1 aliphatic heterocycles. The smallest absolute Gasteiger partial charge is 0.231 e. The number of amides is 2. The standard InChI is InChI=1S/C20H32N4O2.2ClH/c1-4-20(5-2,15-21)19(26)22-17-8-6-7-16(13-17)14-18(25)24-11-9-23(3)10-12-24;;/h6-8,13H,4-5,9-12,14-15,21H2,1-3H3,(H,22,26);2*1H. The van der Waals surface area contributed by atoms with Crippen LogP contribution in [0.5, 0.6) is 0 Å². The van der Waals surface area contributed by atoms with Gasteiger partial charge in [-0.3, -0.25) is 9.59 Å². The van der Waals surface area contributed by atoms with Crippen LogP contribution in [-0.4, -0.2) is 61.4 Å². The first-order chi connectivity index (χ1) is 12.4. The molecule has 28 heavy (non-hydrogen) atoms. The van der Waals surface area contributed by atoms with Gasteiger partial charge in [0, 0.05) is 38.4 Å². The molecule has 160 valence electrons. The van der Waals surface area contributed by atoms with Crippen molar-refractivity contribution >= 4 is 42.3 Å². The van der Waals surface area contributed by atoms with Crippen LogP contribution in [0.4, 0.5) is 5.69 Å². The Hall–Kier alpha value is -1.34. The predicted molar refractivity (Wildman–Crippen MR) is 119 cm³/mol. The highest BCUT2D eigenvalue weighted by Gasteiger charge is 2.33. The minimum atomic E-state index is -0.536. The number of nitrogens with two attached hydrogens (primary N) is 1. The van der Waals surface area contributed by atoms with Gasteiger partial charge in [0.15, 0.2) is 0 Å². The molecule has 8 heteroatoms. The normalized spacial score (nSPS) is 14.6. The van der Waals surface area contributed by atoms with E-state index in [1.54, 1.807) is 0 Å². The summed E-state index contributed by atoms with van der Waals surface area (Å²) in [6.45, 7) is 7.68. The zero-order valence-electron chi connectivity index (χ0n) is 17.1. The van der Waals surface area contributed by atoms with Crippen LogP contribution >= 0.6 is 24.8 Å². The van der Waals surface area contributed by atoms with Crippen LogP contribution in [-0.2, 0) is 16.0 Å². The lowest BCUT2D eigenvalue weighted by Crippen LogP contribution is -2.47. The minimum absolute atomic E-state index is 0. The Morgan fingerprint density at radius 2 is 1.71 bits per heavy atom. The first kappa shape index (κ1) is 26.7. The average Bonchev–Trinajstić information content (AvgIpc) is 2.64. The molecule has 3 N–H and O–H groups in total. The Balaban J connectivity index is 0.00000364. The summed E-state index contributed by atoms with van der Waals surface area (Å²) in [5.41, 5.74) is 6.96. The molecule has 0 aliphatic carbocycles. The molecule has 1 saturated heterocycles. The monoisotopic (exact) mass is 432 g/mol. The van der Waals surface area contributed by atoms with Crippen molar-refractivity contribution < 1.29 is 9.59 Å². The number of nitrogens with zero attached hydrogens (tertiary/aromatic N) is 2. The number of piperazine rings is 1. The number of likely N-dealkylation sites (N-methyl/N-ethyl adjacent to an activating group) is 1. The molecule has 1 heterocycles. The summed E-state index contributed by atoms with van der Waals surface area (Å²) in [5, 5.41) is 2.98. The van der Waals surface area contributed by atoms with E-state index in [1.807, 2.05) is 43.0 Å². The molecule has 1 aromatic rings. The van der Waals surface area contributed by atoms with E-state index in [9.17, 15) is 9.59 Å². The summed E-state index contributed by atoms with van der Waals surface area (Å²) in [6, 6.07) is 7.55. The SMILES string of the molecule is CCC(CC)(CN)C(=O)Nc1cccc(CC(=O)N2CCN(C)CC2)c1.Cl.Cl. The molecule has 0 atom stereocenters. The first-order valence-corrected chi connectivity index (χ1v) is 9.51. The van der Waals surface area contributed by atoms with Crippen molar-refractivity contribution in [3.63, 3.8) is 0 Å². The second-order valence-electron chi connectivity index (χ2n) is 7.21. The topological polar surface area (TPSA) is 78.7 Å². The van der Waals surface area contributed by atoms with Crippen molar-refractivity contribution in [1.82, 2.24) is 9.80 Å². The van der Waals surface area contributed by atoms with Gasteiger partial charge in [0.25, 0.3) is 0 Å². The second kappa shape index (κ2) is 12.3. The summed E-state index contributed by atoms with van der Waals surface area (Å²) in [4.78, 5) is 29.3. The van der Waals surface area contributed by atoms with Crippen molar-refractivity contribution in [3.05, 3.63) is 29.8 Å². The fourth-order valence-corrected chi connectivity index (χ4v) is 3.32. The minimum Gasteiger partial charge on any atom is -0.340 e. The maximum Gasteiger partial charge on any atom is 0.231 e. The molecule has 6 nitrogen and oxygen atoms in total. The quantitative estimate of drug-likeness (QED) is 0.693. The number of benzene rings is 1. The maximum atomic E-state index is 12.7. The molecule has 0 bridgehead atoms. The number of anilines is 1. The van der Waals surface area contributed by atoms with Crippen molar-refractivity contribution in [2.75, 3.05) is 45.1 Å². The fraction of sp³-hybridized carbons (Fsp3) is 0.600. The number of carbonyl (C=O) groups excluding carboxylic acids is 2. The van der Waals surface area contributed by atoms with Gasteiger partial charge < -0.3 is 20.9 Å². The van der Waals surface area contributed by atoms with Gasteiger partial charge in [-0.15, -0.1) is 24.8 Å². The average molecular weight is 433 g/mol. The van der Waals surface area contributed by atoms with E-state index < -0.39 is 5.41 Å². The van der Waals surface area contributed by atoms with E-state index in [0.717, 1.165) is 37.4 Å². The van der Waals surface area contributed by atoms with E-state index in [-0.39, 0.29) is 36.6 Å². The van der Waals surface area contributed by atoms with Gasteiger partial charge in [-0.25, -0.2) is 0 Å². The molecule has 0 spiro atoms. The molecule has 1 aliphatic rings. The Labute approximate surface area is 181 Å². The Kier molecular flexibility index (Phi) is 11.7. The van der Waals surface area contributed by atoms with Crippen molar-refractivity contribution in [2.24, 2.45) is 11.1 Å². The maximum absolute atomic E-state index is 12.7. The predicted octanol–water partition coefficient (Wildman–Crippen LogP) is 2.55.